The molecule has 5 nitrogen and oxygen atoms in total. The van der Waals surface area contributed by atoms with Gasteiger partial charge in [0.15, 0.2) is 0 Å². The number of carbonyl (C=O) groups excluding carboxylic acids is 2. The van der Waals surface area contributed by atoms with Gasteiger partial charge in [0.25, 0.3) is 5.91 Å². The molecule has 0 aliphatic carbocycles. The number of ether oxygens (including phenoxy) is 1. The van der Waals surface area contributed by atoms with E-state index in [2.05, 4.69) is 33.2 Å². The Bertz CT molecular complexity index is 719. The topological polar surface area (TPSA) is 67.4 Å². The molecule has 0 aliphatic heterocycles. The first kappa shape index (κ1) is 18.4. The van der Waals surface area contributed by atoms with E-state index in [0.717, 1.165) is 14.7 Å². The lowest BCUT2D eigenvalue weighted by molar-refractivity contribution is -0.120. The summed E-state index contributed by atoms with van der Waals surface area (Å²) in [6.45, 7) is 0.893. The third-order valence-corrected chi connectivity index (χ3v) is 4.26. The highest BCUT2D eigenvalue weighted by atomic mass is 127. The average molecular weight is 438 g/mol. The van der Waals surface area contributed by atoms with E-state index in [4.69, 9.17) is 4.74 Å². The number of nitrogens with one attached hydrogen (secondary N) is 2. The molecule has 2 rings (SSSR count). The van der Waals surface area contributed by atoms with Crippen molar-refractivity contribution in [2.24, 2.45) is 0 Å². The molecule has 0 heterocycles. The van der Waals surface area contributed by atoms with E-state index in [-0.39, 0.29) is 18.4 Å². The average Bonchev–Trinajstić information content (AvgIpc) is 2.59. The van der Waals surface area contributed by atoms with Crippen LogP contribution < -0.4 is 10.6 Å². The molecule has 0 radical (unpaired) electrons. The summed E-state index contributed by atoms with van der Waals surface area (Å²) in [5.74, 6) is -0.483. The van der Waals surface area contributed by atoms with Crippen LogP contribution in [0, 0.1) is 3.57 Å². The Labute approximate surface area is 154 Å². The third-order valence-electron chi connectivity index (χ3n) is 3.32. The summed E-state index contributed by atoms with van der Waals surface area (Å²) in [7, 11) is 1.64. The van der Waals surface area contributed by atoms with Crippen LogP contribution in [0.1, 0.15) is 21.5 Å². The van der Waals surface area contributed by atoms with Gasteiger partial charge in [-0.15, -0.1) is 0 Å². The first-order valence-electron chi connectivity index (χ1n) is 7.46. The molecule has 0 aromatic heterocycles. The molecule has 2 amide bonds. The Morgan fingerprint density at radius 3 is 2.54 bits per heavy atom. The van der Waals surface area contributed by atoms with Crippen LogP contribution in [0.15, 0.2) is 48.5 Å². The molecule has 0 bridgehead atoms. The first-order valence-corrected chi connectivity index (χ1v) is 8.54. The van der Waals surface area contributed by atoms with Gasteiger partial charge < -0.3 is 15.4 Å². The largest absolute Gasteiger partial charge is 0.380 e. The Morgan fingerprint density at radius 2 is 1.79 bits per heavy atom. The second-order valence-electron chi connectivity index (χ2n) is 5.19. The lowest BCUT2D eigenvalue weighted by atomic mass is 10.1. The van der Waals surface area contributed by atoms with Crippen molar-refractivity contribution < 1.29 is 14.3 Å². The monoisotopic (exact) mass is 438 g/mol. The van der Waals surface area contributed by atoms with Crippen molar-refractivity contribution in [2.45, 2.75) is 13.2 Å². The van der Waals surface area contributed by atoms with Crippen LogP contribution in [0.2, 0.25) is 0 Å². The maximum atomic E-state index is 12.1. The van der Waals surface area contributed by atoms with Gasteiger partial charge in [-0.1, -0.05) is 36.4 Å². The summed E-state index contributed by atoms with van der Waals surface area (Å²) in [6.07, 6.45) is 0. The van der Waals surface area contributed by atoms with Crippen LogP contribution >= 0.6 is 22.6 Å². The maximum absolute atomic E-state index is 12.1. The minimum absolute atomic E-state index is 0.0540. The molecule has 0 spiro atoms. The van der Waals surface area contributed by atoms with E-state index in [1.165, 1.54) is 0 Å². The van der Waals surface area contributed by atoms with Gasteiger partial charge in [-0.05, 0) is 45.9 Å². The van der Waals surface area contributed by atoms with Crippen LogP contribution in [0.25, 0.3) is 0 Å². The molecular formula is C18H19IN2O3. The maximum Gasteiger partial charge on any atom is 0.252 e. The summed E-state index contributed by atoms with van der Waals surface area (Å²) in [4.78, 5) is 23.9. The van der Waals surface area contributed by atoms with E-state index < -0.39 is 0 Å². The molecule has 0 saturated heterocycles. The van der Waals surface area contributed by atoms with Crippen LogP contribution in [0.5, 0.6) is 0 Å². The van der Waals surface area contributed by atoms with Gasteiger partial charge in [0.05, 0.1) is 18.7 Å². The molecule has 2 aromatic rings. The minimum atomic E-state index is -0.253. The summed E-state index contributed by atoms with van der Waals surface area (Å²) in [5.41, 5.74) is 2.61. The molecule has 0 atom stereocenters. The van der Waals surface area contributed by atoms with Crippen molar-refractivity contribution in [1.82, 2.24) is 10.6 Å². The number of halogens is 1. The van der Waals surface area contributed by atoms with Gasteiger partial charge in [0, 0.05) is 17.2 Å². The Morgan fingerprint density at radius 1 is 1.04 bits per heavy atom. The number of methoxy groups -OCH3 is 1. The second kappa shape index (κ2) is 9.39. The number of amides is 2. The normalized spacial score (nSPS) is 10.2. The van der Waals surface area contributed by atoms with Crippen LogP contribution in [0.4, 0.5) is 0 Å². The van der Waals surface area contributed by atoms with Crippen molar-refractivity contribution >= 4 is 34.4 Å². The Balaban J connectivity index is 1.80. The molecule has 0 aliphatic rings. The zero-order valence-electron chi connectivity index (χ0n) is 13.3. The molecule has 24 heavy (non-hydrogen) atoms. The molecule has 6 heteroatoms. The molecule has 126 valence electrons. The fourth-order valence-corrected chi connectivity index (χ4v) is 2.79. The fourth-order valence-electron chi connectivity index (χ4n) is 2.16. The van der Waals surface area contributed by atoms with Crippen molar-refractivity contribution in [3.63, 3.8) is 0 Å². The van der Waals surface area contributed by atoms with E-state index in [0.29, 0.717) is 18.7 Å². The molecule has 0 unspecified atom stereocenters. The van der Waals surface area contributed by atoms with Crippen molar-refractivity contribution in [3.8, 4) is 0 Å². The standard InChI is InChI=1S/C18H19IN2O3/c1-24-12-14-6-4-5-13(9-14)10-20-17(22)11-21-18(23)15-7-2-3-8-16(15)19/h2-9H,10-12H2,1H3,(H,20,22)(H,21,23). The van der Waals surface area contributed by atoms with Gasteiger partial charge in [0.1, 0.15) is 0 Å². The number of rotatable bonds is 7. The van der Waals surface area contributed by atoms with E-state index in [1.54, 1.807) is 19.2 Å². The van der Waals surface area contributed by atoms with Crippen LogP contribution in [-0.4, -0.2) is 25.5 Å². The summed E-state index contributed by atoms with van der Waals surface area (Å²) >= 11 is 2.10. The lowest BCUT2D eigenvalue weighted by Crippen LogP contribution is -2.36. The third kappa shape index (κ3) is 5.61. The van der Waals surface area contributed by atoms with E-state index >= 15 is 0 Å². The molecule has 2 aromatic carbocycles. The highest BCUT2D eigenvalue weighted by molar-refractivity contribution is 14.1. The summed E-state index contributed by atoms with van der Waals surface area (Å²) < 4.78 is 5.94. The van der Waals surface area contributed by atoms with Gasteiger partial charge in [-0.25, -0.2) is 0 Å². The zero-order chi connectivity index (χ0) is 17.4. The Hall–Kier alpha value is -1.93. The van der Waals surface area contributed by atoms with Crippen molar-refractivity contribution in [3.05, 3.63) is 68.8 Å². The van der Waals surface area contributed by atoms with Crippen molar-refractivity contribution in [2.75, 3.05) is 13.7 Å². The van der Waals surface area contributed by atoms with E-state index in [9.17, 15) is 9.59 Å². The van der Waals surface area contributed by atoms with E-state index in [1.807, 2.05) is 36.4 Å². The SMILES string of the molecule is COCc1cccc(CNC(=O)CNC(=O)c2ccccc2I)c1. The van der Waals surface area contributed by atoms with Gasteiger partial charge >= 0.3 is 0 Å². The number of benzene rings is 2. The molecular weight excluding hydrogens is 419 g/mol. The van der Waals surface area contributed by atoms with Crippen LogP contribution in [-0.2, 0) is 22.7 Å². The fraction of sp³-hybridized carbons (Fsp3) is 0.222. The minimum Gasteiger partial charge on any atom is -0.380 e. The van der Waals surface area contributed by atoms with Gasteiger partial charge in [-0.3, -0.25) is 9.59 Å². The predicted molar refractivity (Wildman–Crippen MR) is 100 cm³/mol. The number of hydrogen-bond donors (Lipinski definition) is 2. The van der Waals surface area contributed by atoms with Gasteiger partial charge in [-0.2, -0.15) is 0 Å². The highest BCUT2D eigenvalue weighted by Gasteiger charge is 2.10. The lowest BCUT2D eigenvalue weighted by Gasteiger charge is -2.09. The number of carbonyl (C=O) groups is 2. The second-order valence-corrected chi connectivity index (χ2v) is 6.35. The Kier molecular flexibility index (Phi) is 7.20. The quantitative estimate of drug-likeness (QED) is 0.653. The molecule has 0 fully saturated rings. The highest BCUT2D eigenvalue weighted by Crippen LogP contribution is 2.10. The summed E-state index contributed by atoms with van der Waals surface area (Å²) in [6, 6.07) is 15.1. The molecule has 2 N–H and O–H groups in total. The predicted octanol–water partition coefficient (Wildman–Crippen LogP) is 2.48. The molecule has 0 saturated carbocycles. The smallest absolute Gasteiger partial charge is 0.252 e. The first-order chi connectivity index (χ1) is 11.6. The number of hydrogen-bond acceptors (Lipinski definition) is 3. The van der Waals surface area contributed by atoms with Crippen LogP contribution in [0.3, 0.4) is 0 Å². The van der Waals surface area contributed by atoms with Crippen molar-refractivity contribution in [1.29, 1.82) is 0 Å². The summed E-state index contributed by atoms with van der Waals surface area (Å²) in [5, 5.41) is 5.43. The van der Waals surface area contributed by atoms with Gasteiger partial charge in [0.2, 0.25) is 5.91 Å². The zero-order valence-corrected chi connectivity index (χ0v) is 15.5.